The second-order valence-corrected chi connectivity index (χ2v) is 5.50. The highest BCUT2D eigenvalue weighted by Crippen LogP contribution is 2.35. The van der Waals surface area contributed by atoms with Gasteiger partial charge in [-0.15, -0.1) is 0 Å². The highest BCUT2D eigenvalue weighted by atomic mass is 16.4. The number of piperidine rings is 1. The lowest BCUT2D eigenvalue weighted by Gasteiger charge is -2.34. The van der Waals surface area contributed by atoms with Crippen LogP contribution in [0.1, 0.15) is 18.4 Å². The first kappa shape index (κ1) is 13.1. The molecule has 1 aromatic carbocycles. The van der Waals surface area contributed by atoms with Crippen LogP contribution in [0.5, 0.6) is 0 Å². The average molecular weight is 270 g/mol. The first-order valence-corrected chi connectivity index (χ1v) is 6.98. The van der Waals surface area contributed by atoms with Crippen LogP contribution in [0, 0.1) is 5.41 Å². The van der Waals surface area contributed by atoms with Gasteiger partial charge in [-0.1, -0.05) is 18.2 Å². The third kappa shape index (κ3) is 2.27. The van der Waals surface area contributed by atoms with E-state index < -0.39 is 11.4 Å². The van der Waals surface area contributed by atoms with Crippen molar-refractivity contribution in [3.63, 3.8) is 0 Å². The van der Waals surface area contributed by atoms with Crippen molar-refractivity contribution < 1.29 is 9.90 Å². The Morgan fingerprint density at radius 2 is 2.00 bits per heavy atom. The van der Waals surface area contributed by atoms with E-state index in [1.165, 1.54) is 0 Å². The molecule has 0 aliphatic carbocycles. The van der Waals surface area contributed by atoms with Crippen molar-refractivity contribution in [2.75, 3.05) is 13.1 Å². The fourth-order valence-corrected chi connectivity index (χ4v) is 3.05. The fourth-order valence-electron chi connectivity index (χ4n) is 3.05. The van der Waals surface area contributed by atoms with Crippen LogP contribution < -0.4 is 5.32 Å². The molecular weight excluding hydrogens is 252 g/mol. The second kappa shape index (κ2) is 5.21. The van der Waals surface area contributed by atoms with E-state index >= 15 is 0 Å². The lowest BCUT2D eigenvalue weighted by molar-refractivity contribution is -0.150. The van der Waals surface area contributed by atoms with E-state index in [9.17, 15) is 9.90 Å². The maximum atomic E-state index is 11.8. The molecule has 1 fully saturated rings. The lowest BCUT2D eigenvalue weighted by atomic mass is 9.74. The van der Waals surface area contributed by atoms with Gasteiger partial charge in [0.1, 0.15) is 0 Å². The molecule has 20 heavy (non-hydrogen) atoms. The Morgan fingerprint density at radius 3 is 2.75 bits per heavy atom. The molecule has 1 saturated heterocycles. The number of benzene rings is 1. The molecule has 0 bridgehead atoms. The molecule has 3 rings (SSSR count). The van der Waals surface area contributed by atoms with Crippen LogP contribution in [0.25, 0.3) is 10.9 Å². The normalized spacial score (nSPS) is 18.0. The van der Waals surface area contributed by atoms with Gasteiger partial charge in [0.15, 0.2) is 0 Å². The number of carbonyl (C=O) groups is 1. The minimum atomic E-state index is -0.681. The summed E-state index contributed by atoms with van der Waals surface area (Å²) in [5.41, 5.74) is 1.37. The summed E-state index contributed by atoms with van der Waals surface area (Å²) >= 11 is 0. The van der Waals surface area contributed by atoms with Gasteiger partial charge in [0.2, 0.25) is 0 Å². The van der Waals surface area contributed by atoms with Gasteiger partial charge in [-0.2, -0.15) is 0 Å². The Bertz CT molecular complexity index is 628. The Morgan fingerprint density at radius 1 is 1.25 bits per heavy atom. The minimum absolute atomic E-state index is 0.576. The second-order valence-electron chi connectivity index (χ2n) is 5.50. The third-order valence-electron chi connectivity index (χ3n) is 4.28. The molecule has 4 heteroatoms. The van der Waals surface area contributed by atoms with Crippen molar-refractivity contribution in [1.29, 1.82) is 0 Å². The van der Waals surface area contributed by atoms with Gasteiger partial charge in [-0.05, 0) is 50.0 Å². The summed E-state index contributed by atoms with van der Waals surface area (Å²) in [4.78, 5) is 16.1. The van der Waals surface area contributed by atoms with Crippen LogP contribution in [0.4, 0.5) is 0 Å². The highest BCUT2D eigenvalue weighted by Gasteiger charge is 2.39. The standard InChI is InChI=1S/C16H18N2O2/c19-15(20)16(6-9-17-10-7-16)11-12-5-8-18-14-4-2-1-3-13(12)14/h1-5,8,17H,6-7,9-11H2,(H,19,20). The number of hydrogen-bond donors (Lipinski definition) is 2. The molecule has 2 N–H and O–H groups in total. The van der Waals surface area contributed by atoms with Crippen molar-refractivity contribution in [2.24, 2.45) is 5.41 Å². The number of nitrogens with one attached hydrogen (secondary N) is 1. The monoisotopic (exact) mass is 270 g/mol. The van der Waals surface area contributed by atoms with Crippen molar-refractivity contribution in [1.82, 2.24) is 10.3 Å². The number of rotatable bonds is 3. The van der Waals surface area contributed by atoms with Crippen molar-refractivity contribution in [3.05, 3.63) is 42.1 Å². The molecule has 104 valence electrons. The molecule has 1 aliphatic heterocycles. The molecule has 0 amide bonds. The topological polar surface area (TPSA) is 62.2 Å². The zero-order valence-electron chi connectivity index (χ0n) is 11.3. The molecule has 0 unspecified atom stereocenters. The van der Waals surface area contributed by atoms with Gasteiger partial charge < -0.3 is 10.4 Å². The maximum absolute atomic E-state index is 11.8. The summed E-state index contributed by atoms with van der Waals surface area (Å²) in [5, 5.41) is 14.0. The largest absolute Gasteiger partial charge is 0.481 e. The SMILES string of the molecule is O=C(O)C1(Cc2ccnc3ccccc23)CCNCC1. The van der Waals surface area contributed by atoms with Gasteiger partial charge in [-0.25, -0.2) is 0 Å². The Balaban J connectivity index is 2.00. The van der Waals surface area contributed by atoms with Gasteiger partial charge >= 0.3 is 5.97 Å². The van der Waals surface area contributed by atoms with Crippen LogP contribution in [-0.2, 0) is 11.2 Å². The molecular formula is C16H18N2O2. The summed E-state index contributed by atoms with van der Waals surface area (Å²) in [6.45, 7) is 1.55. The summed E-state index contributed by atoms with van der Waals surface area (Å²) in [7, 11) is 0. The number of nitrogens with zero attached hydrogens (tertiary/aromatic N) is 1. The third-order valence-corrected chi connectivity index (χ3v) is 4.28. The Kier molecular flexibility index (Phi) is 3.40. The number of carboxylic acids is 1. The van der Waals surface area contributed by atoms with Gasteiger partial charge in [0.25, 0.3) is 0 Å². The summed E-state index contributed by atoms with van der Waals surface area (Å²) in [6.07, 6.45) is 3.71. The van der Waals surface area contributed by atoms with Crippen molar-refractivity contribution in [2.45, 2.75) is 19.3 Å². The molecule has 0 saturated carbocycles. The highest BCUT2D eigenvalue weighted by molar-refractivity contribution is 5.83. The quantitative estimate of drug-likeness (QED) is 0.898. The van der Waals surface area contributed by atoms with E-state index in [4.69, 9.17) is 0 Å². The molecule has 2 heterocycles. The molecule has 1 aliphatic rings. The number of carboxylic acid groups (broad SMARTS) is 1. The number of aromatic nitrogens is 1. The van der Waals surface area contributed by atoms with E-state index in [-0.39, 0.29) is 0 Å². The number of aliphatic carboxylic acids is 1. The van der Waals surface area contributed by atoms with E-state index in [1.807, 2.05) is 30.3 Å². The number of fused-ring (bicyclic) bond motifs is 1. The Hall–Kier alpha value is -1.94. The van der Waals surface area contributed by atoms with E-state index in [0.29, 0.717) is 19.3 Å². The van der Waals surface area contributed by atoms with Gasteiger partial charge in [-0.3, -0.25) is 9.78 Å². The predicted molar refractivity (Wildman–Crippen MR) is 77.6 cm³/mol. The predicted octanol–water partition coefficient (Wildman–Crippen LogP) is 2.23. The number of para-hydroxylation sites is 1. The first-order valence-electron chi connectivity index (χ1n) is 6.98. The minimum Gasteiger partial charge on any atom is -0.481 e. The van der Waals surface area contributed by atoms with Crippen LogP contribution >= 0.6 is 0 Å². The maximum Gasteiger partial charge on any atom is 0.310 e. The van der Waals surface area contributed by atoms with E-state index in [1.54, 1.807) is 6.20 Å². The van der Waals surface area contributed by atoms with Crippen LogP contribution in [0.2, 0.25) is 0 Å². The zero-order chi connectivity index (χ0) is 14.0. The average Bonchev–Trinajstić information content (AvgIpc) is 2.48. The molecule has 0 spiro atoms. The molecule has 0 atom stereocenters. The fraction of sp³-hybridized carbons (Fsp3) is 0.375. The zero-order valence-corrected chi connectivity index (χ0v) is 11.3. The van der Waals surface area contributed by atoms with Crippen molar-refractivity contribution in [3.8, 4) is 0 Å². The van der Waals surface area contributed by atoms with E-state index in [2.05, 4.69) is 10.3 Å². The smallest absolute Gasteiger partial charge is 0.310 e. The van der Waals surface area contributed by atoms with Crippen LogP contribution in [0.3, 0.4) is 0 Å². The first-order chi connectivity index (χ1) is 9.71. The Labute approximate surface area is 117 Å². The van der Waals surface area contributed by atoms with Crippen LogP contribution in [0.15, 0.2) is 36.5 Å². The summed E-state index contributed by atoms with van der Waals surface area (Å²) in [6, 6.07) is 9.87. The van der Waals surface area contributed by atoms with Gasteiger partial charge in [0.05, 0.1) is 10.9 Å². The number of pyridine rings is 1. The van der Waals surface area contributed by atoms with Crippen molar-refractivity contribution >= 4 is 16.9 Å². The van der Waals surface area contributed by atoms with Crippen LogP contribution in [-0.4, -0.2) is 29.1 Å². The molecule has 4 nitrogen and oxygen atoms in total. The molecule has 0 radical (unpaired) electrons. The summed E-state index contributed by atoms with van der Waals surface area (Å²) in [5.74, 6) is -0.681. The molecule has 2 aromatic rings. The molecule has 1 aromatic heterocycles. The summed E-state index contributed by atoms with van der Waals surface area (Å²) < 4.78 is 0. The number of hydrogen-bond acceptors (Lipinski definition) is 3. The van der Waals surface area contributed by atoms with E-state index in [0.717, 1.165) is 29.6 Å². The lowest BCUT2D eigenvalue weighted by Crippen LogP contribution is -2.43. The van der Waals surface area contributed by atoms with Gasteiger partial charge in [0, 0.05) is 11.6 Å².